The Balaban J connectivity index is 1.99. The standard InChI is InChI=1S/C25H25ClN5O4P/c1-6-22(32)31(23(33)7-2)16-12-13-20(35-3)19(14-16)29-25-27-15-17(26)24(30-25)28-18-10-8-9-11-21(18)36(4,5)34/h6-15H,1-2H2,3-5H3,(H2,27,28,29,30). The first-order chi connectivity index (χ1) is 17.1. The predicted molar refractivity (Wildman–Crippen MR) is 145 cm³/mol. The van der Waals surface area contributed by atoms with E-state index < -0.39 is 19.0 Å². The van der Waals surface area contributed by atoms with Crippen molar-refractivity contribution in [2.24, 2.45) is 0 Å². The van der Waals surface area contributed by atoms with Crippen molar-refractivity contribution < 1.29 is 18.9 Å². The summed E-state index contributed by atoms with van der Waals surface area (Å²) in [5.74, 6) is -0.383. The molecule has 1 heterocycles. The van der Waals surface area contributed by atoms with Crippen molar-refractivity contribution in [1.29, 1.82) is 0 Å². The van der Waals surface area contributed by atoms with Crippen molar-refractivity contribution >= 4 is 64.7 Å². The number of hydrogen-bond donors (Lipinski definition) is 2. The number of benzene rings is 2. The molecule has 9 nitrogen and oxygen atoms in total. The summed E-state index contributed by atoms with van der Waals surface area (Å²) >= 11 is 6.33. The van der Waals surface area contributed by atoms with Crippen LogP contribution in [0.4, 0.5) is 28.8 Å². The molecule has 0 saturated carbocycles. The molecule has 11 heteroatoms. The number of rotatable bonds is 9. The van der Waals surface area contributed by atoms with Gasteiger partial charge in [-0.05, 0) is 55.8 Å². The minimum atomic E-state index is -2.58. The Morgan fingerprint density at radius 1 is 1.06 bits per heavy atom. The Morgan fingerprint density at radius 3 is 2.33 bits per heavy atom. The number of anilines is 5. The first-order valence-electron chi connectivity index (χ1n) is 10.6. The summed E-state index contributed by atoms with van der Waals surface area (Å²) in [5, 5.41) is 7.06. The second-order valence-electron chi connectivity index (χ2n) is 7.81. The van der Waals surface area contributed by atoms with Gasteiger partial charge in [-0.15, -0.1) is 0 Å². The number of hydrogen-bond acceptors (Lipinski definition) is 8. The van der Waals surface area contributed by atoms with Crippen molar-refractivity contribution in [3.05, 3.63) is 79.0 Å². The second kappa shape index (κ2) is 11.2. The molecule has 3 aromatic rings. The van der Waals surface area contributed by atoms with Crippen LogP contribution in [-0.4, -0.2) is 42.2 Å². The highest BCUT2D eigenvalue weighted by Crippen LogP contribution is 2.39. The van der Waals surface area contributed by atoms with Crippen molar-refractivity contribution in [1.82, 2.24) is 9.97 Å². The molecule has 2 amide bonds. The highest BCUT2D eigenvalue weighted by Gasteiger charge is 2.21. The lowest BCUT2D eigenvalue weighted by Crippen LogP contribution is -2.34. The number of ether oxygens (including phenoxy) is 1. The molecule has 36 heavy (non-hydrogen) atoms. The van der Waals surface area contributed by atoms with E-state index >= 15 is 0 Å². The van der Waals surface area contributed by atoms with Crippen LogP contribution in [0.3, 0.4) is 0 Å². The number of nitrogens with one attached hydrogen (secondary N) is 2. The summed E-state index contributed by atoms with van der Waals surface area (Å²) in [6.07, 6.45) is 3.47. The quantitative estimate of drug-likeness (QED) is 0.293. The number of para-hydroxylation sites is 1. The van der Waals surface area contributed by atoms with Gasteiger partial charge in [-0.25, -0.2) is 9.88 Å². The minimum absolute atomic E-state index is 0.155. The number of methoxy groups -OCH3 is 1. The van der Waals surface area contributed by atoms with Gasteiger partial charge in [-0.3, -0.25) is 9.59 Å². The van der Waals surface area contributed by atoms with Crippen LogP contribution in [-0.2, 0) is 14.2 Å². The van der Waals surface area contributed by atoms with E-state index in [-0.39, 0.29) is 22.5 Å². The van der Waals surface area contributed by atoms with Gasteiger partial charge in [0.15, 0.2) is 5.82 Å². The van der Waals surface area contributed by atoms with Crippen molar-refractivity contribution in [3.63, 3.8) is 0 Å². The Hall–Kier alpha value is -3.94. The molecule has 3 rings (SSSR count). The van der Waals surface area contributed by atoms with E-state index in [4.69, 9.17) is 16.3 Å². The summed E-state index contributed by atoms with van der Waals surface area (Å²) in [7, 11) is -1.10. The number of nitrogens with zero attached hydrogens (tertiary/aromatic N) is 3. The second-order valence-corrected chi connectivity index (χ2v) is 11.4. The van der Waals surface area contributed by atoms with Gasteiger partial charge in [0.1, 0.15) is 17.9 Å². The zero-order valence-corrected chi connectivity index (χ0v) is 21.6. The molecule has 0 radical (unpaired) electrons. The van der Waals surface area contributed by atoms with Gasteiger partial charge in [-0.2, -0.15) is 4.98 Å². The third-order valence-corrected chi connectivity index (χ3v) is 6.79. The summed E-state index contributed by atoms with van der Waals surface area (Å²) in [4.78, 5) is 34.2. The average molecular weight is 526 g/mol. The largest absolute Gasteiger partial charge is 0.495 e. The smallest absolute Gasteiger partial charge is 0.257 e. The highest BCUT2D eigenvalue weighted by molar-refractivity contribution is 7.70. The predicted octanol–water partition coefficient (Wildman–Crippen LogP) is 5.11. The number of carbonyl (C=O) groups excluding carboxylic acids is 2. The van der Waals surface area contributed by atoms with Crippen molar-refractivity contribution in [2.75, 3.05) is 36.0 Å². The van der Waals surface area contributed by atoms with Gasteiger partial charge in [0, 0.05) is 5.30 Å². The Kier molecular flexibility index (Phi) is 8.29. The highest BCUT2D eigenvalue weighted by atomic mass is 35.5. The molecule has 2 N–H and O–H groups in total. The van der Waals surface area contributed by atoms with Crippen LogP contribution >= 0.6 is 18.7 Å². The van der Waals surface area contributed by atoms with Crippen LogP contribution in [0.15, 0.2) is 74.0 Å². The van der Waals surface area contributed by atoms with E-state index in [9.17, 15) is 14.2 Å². The normalized spacial score (nSPS) is 10.8. The topological polar surface area (TPSA) is 114 Å². The molecule has 0 aliphatic rings. The fraction of sp³-hybridized carbons (Fsp3) is 0.120. The lowest BCUT2D eigenvalue weighted by atomic mass is 10.2. The molecule has 186 valence electrons. The molecule has 0 aliphatic heterocycles. The Morgan fingerprint density at radius 2 is 1.72 bits per heavy atom. The van der Waals surface area contributed by atoms with Gasteiger partial charge in [0.05, 0.1) is 30.4 Å². The fourth-order valence-electron chi connectivity index (χ4n) is 3.29. The van der Waals surface area contributed by atoms with Gasteiger partial charge < -0.3 is 19.9 Å². The van der Waals surface area contributed by atoms with E-state index in [1.54, 1.807) is 37.6 Å². The first kappa shape index (κ1) is 26.7. The molecule has 0 atom stereocenters. The van der Waals surface area contributed by atoms with E-state index in [0.29, 0.717) is 22.4 Å². The third-order valence-electron chi connectivity index (χ3n) is 4.96. The zero-order valence-electron chi connectivity index (χ0n) is 20.0. The van der Waals surface area contributed by atoms with Crippen LogP contribution in [0, 0.1) is 0 Å². The third kappa shape index (κ3) is 6.00. The van der Waals surface area contributed by atoms with Crippen LogP contribution < -0.4 is 25.6 Å². The molecule has 0 saturated heterocycles. The number of halogens is 1. The van der Waals surface area contributed by atoms with Gasteiger partial charge in [0.2, 0.25) is 5.95 Å². The average Bonchev–Trinajstić information content (AvgIpc) is 2.85. The fourth-order valence-corrected chi connectivity index (χ4v) is 4.58. The van der Waals surface area contributed by atoms with Crippen LogP contribution in [0.25, 0.3) is 0 Å². The molecule has 2 aromatic carbocycles. The van der Waals surface area contributed by atoms with E-state index in [1.807, 2.05) is 12.1 Å². The van der Waals surface area contributed by atoms with E-state index in [2.05, 4.69) is 33.8 Å². The molecule has 0 fully saturated rings. The van der Waals surface area contributed by atoms with Gasteiger partial charge in [0.25, 0.3) is 11.8 Å². The molecule has 0 bridgehead atoms. The number of amides is 2. The SMILES string of the molecule is C=CC(=O)N(C(=O)C=C)c1ccc(OC)c(Nc2ncc(Cl)c(Nc3ccccc3P(C)(C)=O)n2)c1. The van der Waals surface area contributed by atoms with Crippen LogP contribution in [0.2, 0.25) is 5.02 Å². The van der Waals surface area contributed by atoms with E-state index in [0.717, 1.165) is 17.1 Å². The molecule has 0 unspecified atom stereocenters. The number of aromatic nitrogens is 2. The summed E-state index contributed by atoms with van der Waals surface area (Å²) in [5.41, 5.74) is 1.25. The van der Waals surface area contributed by atoms with Crippen LogP contribution in [0.5, 0.6) is 5.75 Å². The summed E-state index contributed by atoms with van der Waals surface area (Å²) < 4.78 is 18.1. The van der Waals surface area contributed by atoms with Gasteiger partial charge >= 0.3 is 0 Å². The maximum absolute atomic E-state index is 12.7. The lowest BCUT2D eigenvalue weighted by molar-refractivity contribution is -0.121. The first-order valence-corrected chi connectivity index (χ1v) is 13.6. The summed E-state index contributed by atoms with van der Waals surface area (Å²) in [6, 6.07) is 11.9. The molecular formula is C25H25ClN5O4P. The lowest BCUT2D eigenvalue weighted by Gasteiger charge is -2.20. The molecule has 0 aliphatic carbocycles. The molecule has 1 aromatic heterocycles. The number of carbonyl (C=O) groups is 2. The monoisotopic (exact) mass is 525 g/mol. The maximum atomic E-state index is 12.7. The Bertz CT molecular complexity index is 1370. The minimum Gasteiger partial charge on any atom is -0.495 e. The Labute approximate surface area is 214 Å². The van der Waals surface area contributed by atoms with Crippen molar-refractivity contribution in [2.45, 2.75) is 0 Å². The summed E-state index contributed by atoms with van der Waals surface area (Å²) in [6.45, 7) is 10.3. The zero-order chi connectivity index (χ0) is 26.5. The molecular weight excluding hydrogens is 501 g/mol. The maximum Gasteiger partial charge on any atom is 0.257 e. The molecule has 0 spiro atoms. The van der Waals surface area contributed by atoms with E-state index in [1.165, 1.54) is 19.4 Å². The van der Waals surface area contributed by atoms with Gasteiger partial charge in [-0.1, -0.05) is 36.9 Å². The number of imide groups is 1. The van der Waals surface area contributed by atoms with Crippen molar-refractivity contribution in [3.8, 4) is 5.75 Å². The van der Waals surface area contributed by atoms with Crippen LogP contribution in [0.1, 0.15) is 0 Å².